The maximum absolute atomic E-state index is 12.9. The van der Waals surface area contributed by atoms with Gasteiger partial charge in [-0.15, -0.1) is 0 Å². The highest BCUT2D eigenvalue weighted by Crippen LogP contribution is 2.33. The lowest BCUT2D eigenvalue weighted by molar-refractivity contribution is -0.138. The number of nitrogens with one attached hydrogen (secondary N) is 1. The topological polar surface area (TPSA) is 52.6 Å². The number of aryl methyl sites for hydroxylation is 1. The van der Waals surface area contributed by atoms with Crippen molar-refractivity contribution in [2.75, 3.05) is 19.0 Å². The minimum absolute atomic E-state index is 0.0420. The number of hydrogen-bond donors (Lipinski definition) is 2. The van der Waals surface area contributed by atoms with Crippen molar-refractivity contribution in [3.8, 4) is 0 Å². The van der Waals surface area contributed by atoms with Crippen LogP contribution in [-0.4, -0.2) is 35.7 Å². The monoisotopic (exact) mass is 344 g/mol. The molecule has 0 spiro atoms. The Morgan fingerprint density at radius 2 is 1.92 bits per heavy atom. The first-order valence-electron chi connectivity index (χ1n) is 8.05. The van der Waals surface area contributed by atoms with E-state index in [1.807, 2.05) is 0 Å². The minimum atomic E-state index is -4.45. The highest BCUT2D eigenvalue weighted by atomic mass is 19.4. The number of aliphatic hydroxyl groups is 1. The van der Waals surface area contributed by atoms with Crippen LogP contribution in [0, 0.1) is 12.8 Å². The second-order valence-corrected chi connectivity index (χ2v) is 6.43. The molecule has 24 heavy (non-hydrogen) atoms. The second kappa shape index (κ2) is 7.42. The van der Waals surface area contributed by atoms with Crippen LogP contribution in [0.25, 0.3) is 0 Å². The normalized spacial score (nSPS) is 21.4. The summed E-state index contributed by atoms with van der Waals surface area (Å²) < 4.78 is 38.8. The number of benzene rings is 1. The lowest BCUT2D eigenvalue weighted by Gasteiger charge is -2.34. The quantitative estimate of drug-likeness (QED) is 0.870. The molecule has 134 valence electrons. The summed E-state index contributed by atoms with van der Waals surface area (Å²) in [6, 6.07) is 3.41. The zero-order valence-corrected chi connectivity index (χ0v) is 13.9. The lowest BCUT2D eigenvalue weighted by Crippen LogP contribution is -2.42. The summed E-state index contributed by atoms with van der Waals surface area (Å²) in [6.45, 7) is 1.55. The third-order valence-corrected chi connectivity index (χ3v) is 4.74. The molecule has 1 aromatic carbocycles. The van der Waals surface area contributed by atoms with Gasteiger partial charge in [0.25, 0.3) is 0 Å². The largest absolute Gasteiger partial charge is 0.416 e. The Hall–Kier alpha value is -1.76. The number of rotatable bonds is 3. The summed E-state index contributed by atoms with van der Waals surface area (Å²) in [5.74, 6) is 0.282. The van der Waals surface area contributed by atoms with Crippen molar-refractivity contribution in [1.29, 1.82) is 0 Å². The average Bonchev–Trinajstić information content (AvgIpc) is 2.55. The van der Waals surface area contributed by atoms with Crippen molar-refractivity contribution in [2.24, 2.45) is 5.92 Å². The zero-order chi connectivity index (χ0) is 17.9. The predicted molar refractivity (Wildman–Crippen MR) is 85.8 cm³/mol. The highest BCUT2D eigenvalue weighted by molar-refractivity contribution is 5.89. The minimum Gasteiger partial charge on any atom is -0.396 e. The smallest absolute Gasteiger partial charge is 0.396 e. The Morgan fingerprint density at radius 1 is 1.29 bits per heavy atom. The molecule has 0 heterocycles. The van der Waals surface area contributed by atoms with Crippen molar-refractivity contribution in [1.82, 2.24) is 4.90 Å². The Balaban J connectivity index is 2.02. The van der Waals surface area contributed by atoms with Crippen LogP contribution in [0.15, 0.2) is 18.2 Å². The molecule has 0 saturated heterocycles. The number of halogens is 3. The Kier molecular flexibility index (Phi) is 5.74. The van der Waals surface area contributed by atoms with Crippen LogP contribution < -0.4 is 5.32 Å². The maximum atomic E-state index is 12.9. The van der Waals surface area contributed by atoms with Crippen LogP contribution in [0.4, 0.5) is 23.7 Å². The van der Waals surface area contributed by atoms with Gasteiger partial charge in [0.15, 0.2) is 0 Å². The SMILES string of the molecule is Cc1ccc(NC(=O)N(C)C2CCC(CO)CC2)cc1C(F)(F)F. The molecule has 0 atom stereocenters. The number of amides is 2. The number of carbonyl (C=O) groups is 1. The van der Waals surface area contributed by atoms with E-state index in [9.17, 15) is 18.0 Å². The molecule has 2 rings (SSSR count). The summed E-state index contributed by atoms with van der Waals surface area (Å²) in [6.07, 6.45) is -1.17. The van der Waals surface area contributed by atoms with Crippen molar-refractivity contribution < 1.29 is 23.1 Å². The standard InChI is InChI=1S/C17H23F3N2O2/c1-11-3-6-13(9-15(11)17(18,19)20)21-16(24)22(2)14-7-4-12(10-23)5-8-14/h3,6,9,12,14,23H,4-5,7-8,10H2,1-2H3,(H,21,24). The molecular weight excluding hydrogens is 321 g/mol. The summed E-state index contributed by atoms with van der Waals surface area (Å²) in [5.41, 5.74) is -0.489. The highest BCUT2D eigenvalue weighted by Gasteiger charge is 2.33. The number of nitrogens with zero attached hydrogens (tertiary/aromatic N) is 1. The van der Waals surface area contributed by atoms with Crippen LogP contribution >= 0.6 is 0 Å². The number of urea groups is 1. The first-order chi connectivity index (χ1) is 11.2. The van der Waals surface area contributed by atoms with Gasteiger partial charge in [-0.25, -0.2) is 4.79 Å². The fraction of sp³-hybridized carbons (Fsp3) is 0.588. The molecule has 1 saturated carbocycles. The van der Waals surface area contributed by atoms with E-state index in [0.29, 0.717) is 0 Å². The molecule has 7 heteroatoms. The molecule has 0 radical (unpaired) electrons. The van der Waals surface area contributed by atoms with Crippen molar-refractivity contribution in [3.63, 3.8) is 0 Å². The van der Waals surface area contributed by atoms with E-state index in [0.717, 1.165) is 31.7 Å². The van der Waals surface area contributed by atoms with Gasteiger partial charge in [-0.05, 0) is 56.2 Å². The number of anilines is 1. The molecule has 1 aromatic rings. The molecule has 0 unspecified atom stereocenters. The van der Waals surface area contributed by atoms with Gasteiger partial charge in [0.2, 0.25) is 0 Å². The van der Waals surface area contributed by atoms with Gasteiger partial charge in [0, 0.05) is 25.4 Å². The summed E-state index contributed by atoms with van der Waals surface area (Å²) >= 11 is 0. The maximum Gasteiger partial charge on any atom is 0.416 e. The zero-order valence-electron chi connectivity index (χ0n) is 13.9. The molecule has 0 aromatic heterocycles. The van der Waals surface area contributed by atoms with Gasteiger partial charge in [0.1, 0.15) is 0 Å². The molecular formula is C17H23F3N2O2. The predicted octanol–water partition coefficient (Wildman–Crippen LogP) is 4.03. The fourth-order valence-corrected chi connectivity index (χ4v) is 3.10. The molecule has 1 fully saturated rings. The first-order valence-corrected chi connectivity index (χ1v) is 8.05. The molecule has 4 nitrogen and oxygen atoms in total. The average molecular weight is 344 g/mol. The molecule has 2 N–H and O–H groups in total. The van der Waals surface area contributed by atoms with Crippen molar-refractivity contribution in [3.05, 3.63) is 29.3 Å². The Labute approximate surface area is 139 Å². The van der Waals surface area contributed by atoms with Crippen LogP contribution in [0.5, 0.6) is 0 Å². The second-order valence-electron chi connectivity index (χ2n) is 6.43. The number of hydrogen-bond acceptors (Lipinski definition) is 2. The molecule has 2 amide bonds. The van der Waals surface area contributed by atoms with Crippen LogP contribution in [-0.2, 0) is 6.18 Å². The summed E-state index contributed by atoms with van der Waals surface area (Å²) in [4.78, 5) is 13.8. The van der Waals surface area contributed by atoms with Gasteiger partial charge in [-0.2, -0.15) is 13.2 Å². The number of alkyl halides is 3. The third-order valence-electron chi connectivity index (χ3n) is 4.74. The Morgan fingerprint density at radius 3 is 2.46 bits per heavy atom. The van der Waals surface area contributed by atoms with Crippen molar-refractivity contribution >= 4 is 11.7 Å². The number of carbonyl (C=O) groups excluding carboxylic acids is 1. The molecule has 1 aliphatic rings. The number of aliphatic hydroxyl groups excluding tert-OH is 1. The van der Waals surface area contributed by atoms with Gasteiger partial charge >= 0.3 is 12.2 Å². The van der Waals surface area contributed by atoms with Crippen LogP contribution in [0.1, 0.15) is 36.8 Å². The van der Waals surface area contributed by atoms with Gasteiger partial charge in [-0.3, -0.25) is 0 Å². The van der Waals surface area contributed by atoms with E-state index >= 15 is 0 Å². The van der Waals surface area contributed by atoms with E-state index in [1.54, 1.807) is 11.9 Å². The summed E-state index contributed by atoms with van der Waals surface area (Å²) in [7, 11) is 1.65. The van der Waals surface area contributed by atoms with E-state index in [4.69, 9.17) is 5.11 Å². The summed E-state index contributed by atoms with van der Waals surface area (Å²) in [5, 5.41) is 11.7. The molecule has 1 aliphatic carbocycles. The van der Waals surface area contributed by atoms with Crippen molar-refractivity contribution in [2.45, 2.75) is 44.8 Å². The van der Waals surface area contributed by atoms with E-state index in [-0.39, 0.29) is 29.8 Å². The lowest BCUT2D eigenvalue weighted by atomic mass is 9.86. The van der Waals surface area contributed by atoms with Gasteiger partial charge < -0.3 is 15.3 Å². The van der Waals surface area contributed by atoms with E-state index in [2.05, 4.69) is 5.32 Å². The molecule has 0 aliphatic heterocycles. The Bertz CT molecular complexity index is 582. The van der Waals surface area contributed by atoms with Gasteiger partial charge in [0.05, 0.1) is 5.56 Å². The van der Waals surface area contributed by atoms with E-state index in [1.165, 1.54) is 19.1 Å². The fourth-order valence-electron chi connectivity index (χ4n) is 3.10. The van der Waals surface area contributed by atoms with Crippen LogP contribution in [0.2, 0.25) is 0 Å². The van der Waals surface area contributed by atoms with Crippen LogP contribution in [0.3, 0.4) is 0 Å². The molecule has 0 bridgehead atoms. The third kappa shape index (κ3) is 4.41. The van der Waals surface area contributed by atoms with E-state index < -0.39 is 17.8 Å². The first kappa shape index (κ1) is 18.6. The van der Waals surface area contributed by atoms with Gasteiger partial charge in [-0.1, -0.05) is 6.07 Å².